The van der Waals surface area contributed by atoms with E-state index in [0.29, 0.717) is 10.6 Å². The average molecular weight is 340 g/mol. The van der Waals surface area contributed by atoms with Gasteiger partial charge < -0.3 is 0 Å². The maximum absolute atomic E-state index is 9.05. The molecule has 2 aromatic carbocycles. The van der Waals surface area contributed by atoms with Crippen molar-refractivity contribution >= 4 is 34.2 Å². The SMILES string of the molecule is N#Cc1ccccc1-c1ccc(Cl)cc1I. The van der Waals surface area contributed by atoms with Crippen LogP contribution in [0.5, 0.6) is 0 Å². The highest BCUT2D eigenvalue weighted by atomic mass is 127. The lowest BCUT2D eigenvalue weighted by molar-refractivity contribution is 1.47. The van der Waals surface area contributed by atoms with Crippen molar-refractivity contribution in [3.05, 3.63) is 56.6 Å². The number of halogens is 2. The van der Waals surface area contributed by atoms with Gasteiger partial charge in [0.15, 0.2) is 0 Å². The Morgan fingerprint density at radius 2 is 1.81 bits per heavy atom. The summed E-state index contributed by atoms with van der Waals surface area (Å²) >= 11 is 8.14. The summed E-state index contributed by atoms with van der Waals surface area (Å²) in [6, 6.07) is 15.4. The summed E-state index contributed by atoms with van der Waals surface area (Å²) in [6.07, 6.45) is 0. The molecule has 0 fully saturated rings. The smallest absolute Gasteiger partial charge is 0.0998 e. The van der Waals surface area contributed by atoms with E-state index in [1.54, 1.807) is 0 Å². The van der Waals surface area contributed by atoms with Crippen molar-refractivity contribution in [2.45, 2.75) is 0 Å². The van der Waals surface area contributed by atoms with Gasteiger partial charge >= 0.3 is 0 Å². The number of hydrogen-bond donors (Lipinski definition) is 0. The quantitative estimate of drug-likeness (QED) is 0.703. The zero-order chi connectivity index (χ0) is 11.5. The summed E-state index contributed by atoms with van der Waals surface area (Å²) in [7, 11) is 0. The Morgan fingerprint density at radius 1 is 1.06 bits per heavy atom. The molecule has 0 bridgehead atoms. The van der Waals surface area contributed by atoms with Crippen molar-refractivity contribution in [1.82, 2.24) is 0 Å². The maximum atomic E-state index is 9.05. The molecule has 3 heteroatoms. The van der Waals surface area contributed by atoms with Gasteiger partial charge in [-0.15, -0.1) is 0 Å². The molecule has 78 valence electrons. The van der Waals surface area contributed by atoms with Gasteiger partial charge in [-0.2, -0.15) is 5.26 Å². The van der Waals surface area contributed by atoms with Gasteiger partial charge in [-0.3, -0.25) is 0 Å². The van der Waals surface area contributed by atoms with E-state index < -0.39 is 0 Å². The highest BCUT2D eigenvalue weighted by Gasteiger charge is 2.07. The van der Waals surface area contributed by atoms with Gasteiger partial charge in [-0.05, 0) is 46.4 Å². The lowest BCUT2D eigenvalue weighted by Gasteiger charge is -2.06. The number of nitrogens with zero attached hydrogens (tertiary/aromatic N) is 1. The Morgan fingerprint density at radius 3 is 2.50 bits per heavy atom. The second-order valence-electron chi connectivity index (χ2n) is 3.28. The third-order valence-electron chi connectivity index (χ3n) is 2.27. The monoisotopic (exact) mass is 339 g/mol. The van der Waals surface area contributed by atoms with E-state index in [1.807, 2.05) is 42.5 Å². The molecule has 16 heavy (non-hydrogen) atoms. The first-order valence-electron chi connectivity index (χ1n) is 4.67. The van der Waals surface area contributed by atoms with E-state index in [2.05, 4.69) is 28.7 Å². The van der Waals surface area contributed by atoms with Crippen LogP contribution in [0.1, 0.15) is 5.56 Å². The fourth-order valence-corrected chi connectivity index (χ4v) is 2.69. The fourth-order valence-electron chi connectivity index (χ4n) is 1.52. The normalized spacial score (nSPS) is 9.81. The molecule has 0 aromatic heterocycles. The van der Waals surface area contributed by atoms with Gasteiger partial charge in [0, 0.05) is 14.2 Å². The first-order chi connectivity index (χ1) is 7.72. The van der Waals surface area contributed by atoms with Gasteiger partial charge in [0.25, 0.3) is 0 Å². The molecular formula is C13H7ClIN. The Labute approximate surface area is 113 Å². The molecule has 0 spiro atoms. The first-order valence-corrected chi connectivity index (χ1v) is 6.12. The molecule has 0 radical (unpaired) electrons. The van der Waals surface area contributed by atoms with Gasteiger partial charge in [0.05, 0.1) is 11.6 Å². The highest BCUT2D eigenvalue weighted by Crippen LogP contribution is 2.29. The summed E-state index contributed by atoms with van der Waals surface area (Å²) in [5, 5.41) is 9.76. The minimum Gasteiger partial charge on any atom is -0.192 e. The molecule has 0 heterocycles. The van der Waals surface area contributed by atoms with Gasteiger partial charge in [-0.25, -0.2) is 0 Å². The third kappa shape index (κ3) is 2.21. The molecule has 1 nitrogen and oxygen atoms in total. The Hall–Kier alpha value is -1.05. The molecule has 0 aliphatic carbocycles. The number of nitriles is 1. The van der Waals surface area contributed by atoms with Crippen LogP contribution < -0.4 is 0 Å². The minimum atomic E-state index is 0.683. The lowest BCUT2D eigenvalue weighted by Crippen LogP contribution is -1.86. The molecule has 0 atom stereocenters. The molecule has 0 aliphatic rings. The van der Waals surface area contributed by atoms with Crippen LogP contribution in [0.2, 0.25) is 5.02 Å². The van der Waals surface area contributed by atoms with Crippen LogP contribution >= 0.6 is 34.2 Å². The molecule has 0 N–H and O–H groups in total. The third-order valence-corrected chi connectivity index (χ3v) is 3.40. The van der Waals surface area contributed by atoms with Crippen molar-refractivity contribution in [1.29, 1.82) is 5.26 Å². The molecule has 0 amide bonds. The lowest BCUT2D eigenvalue weighted by atomic mass is 10.0. The van der Waals surface area contributed by atoms with E-state index in [4.69, 9.17) is 16.9 Å². The predicted molar refractivity (Wildman–Crippen MR) is 74.3 cm³/mol. The standard InChI is InChI=1S/C13H7ClIN/c14-10-5-6-12(13(15)7-10)11-4-2-1-3-9(11)8-16/h1-7H. The Kier molecular flexibility index (Phi) is 3.47. The van der Waals surface area contributed by atoms with Crippen molar-refractivity contribution in [2.24, 2.45) is 0 Å². The number of rotatable bonds is 1. The minimum absolute atomic E-state index is 0.683. The molecule has 2 rings (SSSR count). The van der Waals surface area contributed by atoms with Crippen molar-refractivity contribution in [3.63, 3.8) is 0 Å². The van der Waals surface area contributed by atoms with E-state index in [9.17, 15) is 0 Å². The van der Waals surface area contributed by atoms with Crippen molar-refractivity contribution in [2.75, 3.05) is 0 Å². The topological polar surface area (TPSA) is 23.8 Å². The van der Waals surface area contributed by atoms with E-state index >= 15 is 0 Å². The van der Waals surface area contributed by atoms with Gasteiger partial charge in [0.1, 0.15) is 0 Å². The average Bonchev–Trinajstić information content (AvgIpc) is 2.29. The van der Waals surface area contributed by atoms with Crippen LogP contribution in [0.4, 0.5) is 0 Å². The molecule has 0 unspecified atom stereocenters. The summed E-state index contributed by atoms with van der Waals surface area (Å²) in [5.41, 5.74) is 2.68. The summed E-state index contributed by atoms with van der Waals surface area (Å²) in [4.78, 5) is 0. The number of hydrogen-bond acceptors (Lipinski definition) is 1. The van der Waals surface area contributed by atoms with Crippen LogP contribution in [0, 0.1) is 14.9 Å². The van der Waals surface area contributed by atoms with E-state index in [0.717, 1.165) is 14.7 Å². The first kappa shape index (κ1) is 11.4. The molecule has 0 aliphatic heterocycles. The van der Waals surface area contributed by atoms with E-state index in [1.165, 1.54) is 0 Å². The van der Waals surface area contributed by atoms with Crippen LogP contribution in [0.15, 0.2) is 42.5 Å². The zero-order valence-electron chi connectivity index (χ0n) is 8.24. The van der Waals surface area contributed by atoms with Crippen LogP contribution in [0.25, 0.3) is 11.1 Å². The van der Waals surface area contributed by atoms with Crippen molar-refractivity contribution < 1.29 is 0 Å². The van der Waals surface area contributed by atoms with Crippen molar-refractivity contribution in [3.8, 4) is 17.2 Å². The maximum Gasteiger partial charge on any atom is 0.0998 e. The van der Waals surface area contributed by atoms with Crippen LogP contribution in [-0.4, -0.2) is 0 Å². The summed E-state index contributed by atoms with van der Waals surface area (Å²) in [5.74, 6) is 0. The molecule has 0 saturated heterocycles. The summed E-state index contributed by atoms with van der Waals surface area (Å²) < 4.78 is 1.05. The molecule has 0 saturated carbocycles. The molecule has 2 aromatic rings. The summed E-state index contributed by atoms with van der Waals surface area (Å²) in [6.45, 7) is 0. The van der Waals surface area contributed by atoms with Crippen LogP contribution in [-0.2, 0) is 0 Å². The Balaban J connectivity index is 2.64. The molecular weight excluding hydrogens is 333 g/mol. The zero-order valence-corrected chi connectivity index (χ0v) is 11.2. The second-order valence-corrected chi connectivity index (χ2v) is 4.88. The van der Waals surface area contributed by atoms with Crippen LogP contribution in [0.3, 0.4) is 0 Å². The van der Waals surface area contributed by atoms with Gasteiger partial charge in [-0.1, -0.05) is 35.9 Å². The predicted octanol–water partition coefficient (Wildman–Crippen LogP) is 4.48. The largest absolute Gasteiger partial charge is 0.192 e. The fraction of sp³-hybridized carbons (Fsp3) is 0. The van der Waals surface area contributed by atoms with Gasteiger partial charge in [0.2, 0.25) is 0 Å². The highest BCUT2D eigenvalue weighted by molar-refractivity contribution is 14.1. The Bertz CT molecular complexity index is 572. The second kappa shape index (κ2) is 4.86. The van der Waals surface area contributed by atoms with E-state index in [-0.39, 0.29) is 0 Å². The number of benzene rings is 2.